The Balaban J connectivity index is 1.00. The summed E-state index contributed by atoms with van der Waals surface area (Å²) in [6, 6.07) is 83.0. The van der Waals surface area contributed by atoms with Crippen LogP contribution in [0.2, 0.25) is 0 Å². The first kappa shape index (κ1) is 38.0. The van der Waals surface area contributed by atoms with E-state index in [1.54, 1.807) is 0 Å². The second-order valence-electron chi connectivity index (χ2n) is 17.0. The number of hydrogen-bond acceptors (Lipinski definition) is 2. The molecule has 1 aromatic heterocycles. The molecule has 298 valence electrons. The molecule has 1 aliphatic rings. The molecule has 9 aromatic carbocycles. The van der Waals surface area contributed by atoms with Gasteiger partial charge in [-0.15, -0.1) is 0 Å². The van der Waals surface area contributed by atoms with Gasteiger partial charge in [0.05, 0.1) is 11.4 Å². The Morgan fingerprint density at radius 2 is 0.667 bits per heavy atom. The lowest BCUT2D eigenvalue weighted by Gasteiger charge is -2.22. The number of aromatic nitrogens is 2. The second-order valence-corrected chi connectivity index (χ2v) is 17.0. The Morgan fingerprint density at radius 3 is 1.27 bits per heavy atom. The molecule has 0 aliphatic heterocycles. The third-order valence-electron chi connectivity index (χ3n) is 12.7. The quantitative estimate of drug-likeness (QED) is 0.153. The van der Waals surface area contributed by atoms with Gasteiger partial charge < -0.3 is 0 Å². The lowest BCUT2D eigenvalue weighted by atomic mass is 9.81. The van der Waals surface area contributed by atoms with Gasteiger partial charge in [0.2, 0.25) is 0 Å². The average molecular weight is 805 g/mol. The number of benzene rings is 9. The van der Waals surface area contributed by atoms with Gasteiger partial charge in [-0.1, -0.05) is 220 Å². The Hall–Kier alpha value is -7.94. The highest BCUT2D eigenvalue weighted by Crippen LogP contribution is 2.51. The maximum absolute atomic E-state index is 5.06. The summed E-state index contributed by atoms with van der Waals surface area (Å²) in [5.74, 6) is 0.714. The summed E-state index contributed by atoms with van der Waals surface area (Å²) in [5.41, 5.74) is 22.2. The van der Waals surface area contributed by atoms with Gasteiger partial charge >= 0.3 is 0 Å². The van der Waals surface area contributed by atoms with E-state index in [0.29, 0.717) is 5.82 Å². The van der Waals surface area contributed by atoms with Gasteiger partial charge in [0.25, 0.3) is 0 Å². The molecule has 0 saturated heterocycles. The first-order valence-electron chi connectivity index (χ1n) is 21.7. The van der Waals surface area contributed by atoms with Crippen LogP contribution in [-0.4, -0.2) is 9.97 Å². The summed E-state index contributed by atoms with van der Waals surface area (Å²) in [6.07, 6.45) is 0. The van der Waals surface area contributed by atoms with Crippen molar-refractivity contribution in [1.29, 1.82) is 0 Å². The van der Waals surface area contributed by atoms with Crippen molar-refractivity contribution in [3.8, 4) is 101 Å². The molecule has 2 heteroatoms. The van der Waals surface area contributed by atoms with Crippen molar-refractivity contribution in [2.24, 2.45) is 0 Å². The Bertz CT molecular complexity index is 3190. The molecule has 0 amide bonds. The van der Waals surface area contributed by atoms with Crippen LogP contribution in [0.15, 0.2) is 231 Å². The standard InChI is InChI=1S/C61H44N2/c1-61(2)55-26-16-15-25-51(55)54-37-49(35-36-56(54)61)53-39-50(41-17-7-3-8-18-41)38-52(59(53)47-21-11-5-12-22-47)44-31-27-42(28-32-44)43-29-33-46(34-30-43)58-40-57(45-19-9-4-10-20-45)62-60(63-58)48-23-13-6-14-24-48/h3-40H,1-2H3. The van der Waals surface area contributed by atoms with Crippen LogP contribution in [0.25, 0.3) is 101 Å². The fourth-order valence-corrected chi connectivity index (χ4v) is 9.44. The number of nitrogens with zero attached hydrogens (tertiary/aromatic N) is 2. The van der Waals surface area contributed by atoms with Gasteiger partial charge in [-0.25, -0.2) is 9.97 Å². The summed E-state index contributed by atoms with van der Waals surface area (Å²) in [4.78, 5) is 10.0. The lowest BCUT2D eigenvalue weighted by molar-refractivity contribution is 0.660. The zero-order chi connectivity index (χ0) is 42.3. The van der Waals surface area contributed by atoms with Crippen LogP contribution in [0.3, 0.4) is 0 Å². The molecule has 0 fully saturated rings. The van der Waals surface area contributed by atoms with Gasteiger partial charge in [0.15, 0.2) is 5.82 Å². The maximum Gasteiger partial charge on any atom is 0.160 e. The van der Waals surface area contributed by atoms with E-state index in [4.69, 9.17) is 9.97 Å². The largest absolute Gasteiger partial charge is 0.228 e. The SMILES string of the molecule is CC1(C)c2ccccc2-c2cc(-c3cc(-c4ccccc4)cc(-c4ccc(-c5ccc(-c6cc(-c7ccccc7)nc(-c7ccccc7)n6)cc5)cc4)c3-c3ccccc3)ccc21. The fourth-order valence-electron chi connectivity index (χ4n) is 9.44. The summed E-state index contributed by atoms with van der Waals surface area (Å²) >= 11 is 0. The molecule has 1 heterocycles. The van der Waals surface area contributed by atoms with Gasteiger partial charge in [-0.05, 0) is 102 Å². The van der Waals surface area contributed by atoms with E-state index in [1.165, 1.54) is 66.8 Å². The molecule has 63 heavy (non-hydrogen) atoms. The molecular formula is C61H44N2. The molecule has 0 N–H and O–H groups in total. The Labute approximate surface area is 369 Å². The molecule has 0 bridgehead atoms. The molecule has 0 unspecified atom stereocenters. The van der Waals surface area contributed by atoms with Crippen LogP contribution in [0, 0.1) is 0 Å². The minimum absolute atomic E-state index is 0.0560. The highest BCUT2D eigenvalue weighted by Gasteiger charge is 2.35. The van der Waals surface area contributed by atoms with Crippen LogP contribution >= 0.6 is 0 Å². The highest BCUT2D eigenvalue weighted by molar-refractivity contribution is 5.99. The van der Waals surface area contributed by atoms with E-state index in [2.05, 4.69) is 220 Å². The van der Waals surface area contributed by atoms with Gasteiger partial charge in [-0.2, -0.15) is 0 Å². The van der Waals surface area contributed by atoms with Crippen molar-refractivity contribution in [1.82, 2.24) is 9.97 Å². The summed E-state index contributed by atoms with van der Waals surface area (Å²) in [6.45, 7) is 4.70. The van der Waals surface area contributed by atoms with Crippen LogP contribution in [0.4, 0.5) is 0 Å². The van der Waals surface area contributed by atoms with E-state index >= 15 is 0 Å². The van der Waals surface area contributed by atoms with Crippen molar-refractivity contribution in [2.75, 3.05) is 0 Å². The predicted octanol–water partition coefficient (Wildman–Crippen LogP) is 16.1. The molecule has 0 saturated carbocycles. The topological polar surface area (TPSA) is 25.8 Å². The minimum atomic E-state index is -0.0560. The first-order chi connectivity index (χ1) is 31.0. The fraction of sp³-hybridized carbons (Fsp3) is 0.0492. The summed E-state index contributed by atoms with van der Waals surface area (Å²) in [5, 5.41) is 0. The van der Waals surface area contributed by atoms with Crippen LogP contribution < -0.4 is 0 Å². The number of hydrogen-bond donors (Lipinski definition) is 0. The predicted molar refractivity (Wildman–Crippen MR) is 263 cm³/mol. The average Bonchev–Trinajstić information content (AvgIpc) is 3.59. The molecular weight excluding hydrogens is 761 g/mol. The molecule has 0 radical (unpaired) electrons. The van der Waals surface area contributed by atoms with E-state index in [-0.39, 0.29) is 5.41 Å². The normalized spacial score (nSPS) is 12.4. The third-order valence-corrected chi connectivity index (χ3v) is 12.7. The molecule has 10 aromatic rings. The van der Waals surface area contributed by atoms with Gasteiger partial charge in [0, 0.05) is 22.1 Å². The Kier molecular flexibility index (Phi) is 9.55. The van der Waals surface area contributed by atoms with Crippen molar-refractivity contribution < 1.29 is 0 Å². The molecule has 2 nitrogen and oxygen atoms in total. The molecule has 1 aliphatic carbocycles. The van der Waals surface area contributed by atoms with E-state index in [0.717, 1.165) is 39.2 Å². The Morgan fingerprint density at radius 1 is 0.270 bits per heavy atom. The van der Waals surface area contributed by atoms with Crippen LogP contribution in [0.5, 0.6) is 0 Å². The zero-order valence-electron chi connectivity index (χ0n) is 35.3. The number of fused-ring (bicyclic) bond motifs is 3. The zero-order valence-corrected chi connectivity index (χ0v) is 35.3. The van der Waals surface area contributed by atoms with Crippen LogP contribution in [0.1, 0.15) is 25.0 Å². The van der Waals surface area contributed by atoms with Crippen molar-refractivity contribution in [3.63, 3.8) is 0 Å². The van der Waals surface area contributed by atoms with E-state index in [1.807, 2.05) is 24.3 Å². The first-order valence-corrected chi connectivity index (χ1v) is 21.7. The number of rotatable bonds is 8. The van der Waals surface area contributed by atoms with E-state index in [9.17, 15) is 0 Å². The van der Waals surface area contributed by atoms with Crippen LogP contribution in [-0.2, 0) is 5.41 Å². The second kappa shape index (κ2) is 15.8. The van der Waals surface area contributed by atoms with Crippen molar-refractivity contribution >= 4 is 0 Å². The minimum Gasteiger partial charge on any atom is -0.228 e. The molecule has 0 atom stereocenters. The molecule has 0 spiro atoms. The highest BCUT2D eigenvalue weighted by atomic mass is 14.9. The van der Waals surface area contributed by atoms with Crippen molar-refractivity contribution in [2.45, 2.75) is 19.3 Å². The summed E-state index contributed by atoms with van der Waals surface area (Å²) in [7, 11) is 0. The third kappa shape index (κ3) is 7.06. The maximum atomic E-state index is 5.06. The van der Waals surface area contributed by atoms with E-state index < -0.39 is 0 Å². The smallest absolute Gasteiger partial charge is 0.160 e. The van der Waals surface area contributed by atoms with Crippen molar-refractivity contribution in [3.05, 3.63) is 242 Å². The molecule has 11 rings (SSSR count). The lowest BCUT2D eigenvalue weighted by Crippen LogP contribution is -2.14. The van der Waals surface area contributed by atoms with Gasteiger partial charge in [-0.3, -0.25) is 0 Å². The summed E-state index contributed by atoms with van der Waals surface area (Å²) < 4.78 is 0. The monoisotopic (exact) mass is 804 g/mol. The van der Waals surface area contributed by atoms with Gasteiger partial charge in [0.1, 0.15) is 0 Å².